The molecule has 0 N–H and O–H groups in total. The van der Waals surface area contributed by atoms with Gasteiger partial charge in [0.25, 0.3) is 10.0 Å². The van der Waals surface area contributed by atoms with E-state index in [1.54, 1.807) is 24.3 Å². The van der Waals surface area contributed by atoms with Crippen LogP contribution in [0.5, 0.6) is 0 Å². The lowest BCUT2D eigenvalue weighted by molar-refractivity contribution is 0.386. The highest BCUT2D eigenvalue weighted by Crippen LogP contribution is 2.33. The zero-order chi connectivity index (χ0) is 19.0. The van der Waals surface area contributed by atoms with Crippen LogP contribution in [0.25, 0.3) is 4.91 Å². The largest absolute Gasteiger partial charge is 0.368 e. The Balaban J connectivity index is 1.55. The second-order valence-electron chi connectivity index (χ2n) is 6.66. The van der Waals surface area contributed by atoms with Crippen LogP contribution < -0.4 is 4.90 Å². The topological polar surface area (TPSA) is 53.0 Å². The molecule has 5 nitrogen and oxygen atoms in total. The van der Waals surface area contributed by atoms with Gasteiger partial charge in [-0.05, 0) is 36.8 Å². The van der Waals surface area contributed by atoms with E-state index in [1.807, 2.05) is 30.0 Å². The highest BCUT2D eigenvalue weighted by molar-refractivity contribution is 8.00. The molecule has 2 aliphatic heterocycles. The van der Waals surface area contributed by atoms with Crippen LogP contribution in [0.3, 0.4) is 0 Å². The van der Waals surface area contributed by atoms with Gasteiger partial charge < -0.3 is 9.80 Å². The maximum atomic E-state index is 13.1. The summed E-state index contributed by atoms with van der Waals surface area (Å²) in [5.41, 5.74) is 2.32. The molecule has 2 heterocycles. The molecule has 7 heteroatoms. The van der Waals surface area contributed by atoms with Gasteiger partial charge in [-0.25, -0.2) is 4.39 Å². The third-order valence-electron chi connectivity index (χ3n) is 4.95. The predicted octanol–water partition coefficient (Wildman–Crippen LogP) is 3.12. The van der Waals surface area contributed by atoms with Gasteiger partial charge >= 0.3 is 0 Å². The molecule has 0 radical (unpaired) electrons. The van der Waals surface area contributed by atoms with Gasteiger partial charge in [0.15, 0.2) is 0 Å². The maximum Gasteiger partial charge on any atom is 0.285 e. The Hall–Kier alpha value is -2.67. The van der Waals surface area contributed by atoms with Gasteiger partial charge in [0, 0.05) is 37.4 Å². The second kappa shape index (κ2) is 6.81. The van der Waals surface area contributed by atoms with Gasteiger partial charge in [0.1, 0.15) is 16.6 Å². The molecule has 140 valence electrons. The van der Waals surface area contributed by atoms with Gasteiger partial charge in [-0.3, -0.25) is 0 Å². The summed E-state index contributed by atoms with van der Waals surface area (Å²) in [6.07, 6.45) is 0. The van der Waals surface area contributed by atoms with E-state index in [1.165, 1.54) is 12.1 Å². The number of halogens is 1. The van der Waals surface area contributed by atoms with Crippen LogP contribution >= 0.6 is 0 Å². The highest BCUT2D eigenvalue weighted by Gasteiger charge is 2.34. The number of hydrogen-bond acceptors (Lipinski definition) is 4. The molecule has 27 heavy (non-hydrogen) atoms. The van der Waals surface area contributed by atoms with Crippen molar-refractivity contribution in [2.24, 2.45) is 4.40 Å². The molecule has 0 saturated carbocycles. The van der Waals surface area contributed by atoms with Crippen LogP contribution in [0, 0.1) is 5.82 Å². The summed E-state index contributed by atoms with van der Waals surface area (Å²) in [4.78, 5) is 4.47. The standard InChI is InChI=1S/C20H20FN3O2S/c1-15-19(16-5-3-2-4-6-16)27(25,26)22-20(15)24-13-11-23(12-14-24)18-9-7-17(21)8-10-18/h2-10H,11-14H2,1H3. The van der Waals surface area contributed by atoms with E-state index in [-0.39, 0.29) is 5.82 Å². The third kappa shape index (κ3) is 3.35. The van der Waals surface area contributed by atoms with E-state index < -0.39 is 10.0 Å². The van der Waals surface area contributed by atoms with Crippen molar-refractivity contribution in [1.29, 1.82) is 0 Å². The molecule has 1 fully saturated rings. The Morgan fingerprint density at radius 1 is 0.889 bits per heavy atom. The maximum absolute atomic E-state index is 13.1. The number of sulfonamides is 1. The molecule has 0 atom stereocenters. The molecule has 0 aromatic heterocycles. The van der Waals surface area contributed by atoms with E-state index in [0.29, 0.717) is 35.0 Å². The molecular weight excluding hydrogens is 365 g/mol. The minimum Gasteiger partial charge on any atom is -0.368 e. The van der Waals surface area contributed by atoms with Crippen molar-refractivity contribution >= 4 is 26.5 Å². The number of hydrogen-bond donors (Lipinski definition) is 0. The summed E-state index contributed by atoms with van der Waals surface area (Å²) in [5.74, 6) is 0.282. The van der Waals surface area contributed by atoms with Gasteiger partial charge in [-0.1, -0.05) is 30.3 Å². The van der Waals surface area contributed by atoms with Crippen molar-refractivity contribution in [3.05, 3.63) is 71.6 Å². The first-order valence-electron chi connectivity index (χ1n) is 8.83. The Labute approximate surface area is 158 Å². The number of anilines is 1. The van der Waals surface area contributed by atoms with Crippen LogP contribution in [0.15, 0.2) is 64.6 Å². The SMILES string of the molecule is CC1=C(c2ccccc2)S(=O)(=O)N=C1N1CCN(c2ccc(F)cc2)CC1. The van der Waals surface area contributed by atoms with Gasteiger partial charge in [-0.15, -0.1) is 4.40 Å². The fourth-order valence-electron chi connectivity index (χ4n) is 3.60. The molecule has 1 saturated heterocycles. The van der Waals surface area contributed by atoms with Crippen LogP contribution in [-0.4, -0.2) is 45.3 Å². The Kier molecular flexibility index (Phi) is 4.47. The van der Waals surface area contributed by atoms with E-state index in [9.17, 15) is 12.8 Å². The first kappa shape index (κ1) is 17.7. The Morgan fingerprint density at radius 2 is 1.48 bits per heavy atom. The van der Waals surface area contributed by atoms with Crippen LogP contribution in [-0.2, 0) is 10.0 Å². The normalized spacial score (nSPS) is 19.4. The minimum atomic E-state index is -3.69. The summed E-state index contributed by atoms with van der Waals surface area (Å²) in [7, 11) is -3.69. The van der Waals surface area contributed by atoms with Gasteiger partial charge in [0.05, 0.1) is 0 Å². The average Bonchev–Trinajstić information content (AvgIpc) is 2.92. The number of nitrogens with zero attached hydrogens (tertiary/aromatic N) is 3. The van der Waals surface area contributed by atoms with Crippen molar-refractivity contribution in [2.45, 2.75) is 6.92 Å². The zero-order valence-corrected chi connectivity index (χ0v) is 15.8. The number of benzene rings is 2. The summed E-state index contributed by atoms with van der Waals surface area (Å²) < 4.78 is 42.4. The van der Waals surface area contributed by atoms with E-state index in [2.05, 4.69) is 9.30 Å². The van der Waals surface area contributed by atoms with Gasteiger partial charge in [-0.2, -0.15) is 8.42 Å². The number of amidine groups is 1. The molecule has 0 aliphatic carbocycles. The monoisotopic (exact) mass is 385 g/mol. The average molecular weight is 385 g/mol. The molecule has 2 aromatic carbocycles. The summed E-state index contributed by atoms with van der Waals surface area (Å²) in [5, 5.41) is 0. The lowest BCUT2D eigenvalue weighted by atomic mass is 10.1. The predicted molar refractivity (Wildman–Crippen MR) is 106 cm³/mol. The summed E-state index contributed by atoms with van der Waals surface area (Å²) in [6.45, 7) is 4.58. The molecule has 0 amide bonds. The molecule has 0 spiro atoms. The van der Waals surface area contributed by atoms with Crippen LogP contribution in [0.4, 0.5) is 10.1 Å². The van der Waals surface area contributed by atoms with E-state index in [4.69, 9.17) is 0 Å². The Morgan fingerprint density at radius 3 is 2.11 bits per heavy atom. The lowest BCUT2D eigenvalue weighted by Gasteiger charge is -2.37. The van der Waals surface area contributed by atoms with Crippen LogP contribution in [0.1, 0.15) is 12.5 Å². The Bertz CT molecular complexity index is 1010. The second-order valence-corrected chi connectivity index (χ2v) is 8.20. The highest BCUT2D eigenvalue weighted by atomic mass is 32.2. The molecule has 0 unspecified atom stereocenters. The van der Waals surface area contributed by atoms with E-state index in [0.717, 1.165) is 18.8 Å². The lowest BCUT2D eigenvalue weighted by Crippen LogP contribution is -2.48. The van der Waals surface area contributed by atoms with Crippen molar-refractivity contribution in [3.8, 4) is 0 Å². The first-order chi connectivity index (χ1) is 13.0. The molecule has 2 aliphatic rings. The van der Waals surface area contributed by atoms with Crippen molar-refractivity contribution < 1.29 is 12.8 Å². The van der Waals surface area contributed by atoms with Crippen molar-refractivity contribution in [2.75, 3.05) is 31.1 Å². The third-order valence-corrected chi connectivity index (χ3v) is 6.42. The molecule has 4 rings (SSSR count). The quantitative estimate of drug-likeness (QED) is 0.797. The zero-order valence-electron chi connectivity index (χ0n) is 15.0. The van der Waals surface area contributed by atoms with Gasteiger partial charge in [0.2, 0.25) is 0 Å². The summed E-state index contributed by atoms with van der Waals surface area (Å²) in [6, 6.07) is 15.5. The van der Waals surface area contributed by atoms with Crippen LogP contribution in [0.2, 0.25) is 0 Å². The fourth-order valence-corrected chi connectivity index (χ4v) is 5.08. The fraction of sp³-hybridized carbons (Fsp3) is 0.250. The summed E-state index contributed by atoms with van der Waals surface area (Å²) >= 11 is 0. The van der Waals surface area contributed by atoms with E-state index >= 15 is 0 Å². The van der Waals surface area contributed by atoms with Crippen molar-refractivity contribution in [3.63, 3.8) is 0 Å². The number of rotatable bonds is 2. The molecule has 2 aromatic rings. The minimum absolute atomic E-state index is 0.253. The van der Waals surface area contributed by atoms with Crippen molar-refractivity contribution in [1.82, 2.24) is 4.90 Å². The number of piperazine rings is 1. The molecule has 0 bridgehead atoms. The first-order valence-corrected chi connectivity index (χ1v) is 10.3. The molecular formula is C20H20FN3O2S. The smallest absolute Gasteiger partial charge is 0.285 e.